The quantitative estimate of drug-likeness (QED) is 0.386. The highest BCUT2D eigenvalue weighted by molar-refractivity contribution is 8.05. The zero-order valence-corrected chi connectivity index (χ0v) is 18.7. The van der Waals surface area contributed by atoms with Crippen molar-refractivity contribution < 1.29 is 14.0 Å². The molecule has 33 heavy (non-hydrogen) atoms. The molecule has 0 aliphatic carbocycles. The Bertz CT molecular complexity index is 1270. The minimum atomic E-state index is -0.640. The highest BCUT2D eigenvalue weighted by atomic mass is 35.5. The summed E-state index contributed by atoms with van der Waals surface area (Å²) >= 11 is 7.14. The molecule has 1 N–H and O–H groups in total. The third-order valence-electron chi connectivity index (χ3n) is 4.94. The number of carbonyl (C=O) groups is 2. The molecular formula is C25H17ClFN3O2S. The normalized spacial score (nSPS) is 16.9. The molecule has 0 radical (unpaired) electrons. The van der Waals surface area contributed by atoms with Crippen molar-refractivity contribution in [3.63, 3.8) is 0 Å². The molecule has 164 valence electrons. The molecule has 1 heterocycles. The van der Waals surface area contributed by atoms with Gasteiger partial charge in [-0.05, 0) is 54.4 Å². The van der Waals surface area contributed by atoms with Gasteiger partial charge in [-0.25, -0.2) is 4.39 Å². The summed E-state index contributed by atoms with van der Waals surface area (Å²) in [6.07, 6.45) is 0.325. The van der Waals surface area contributed by atoms with Crippen molar-refractivity contribution in [3.05, 3.63) is 106 Å². The molecule has 1 atom stereocenters. The Morgan fingerprint density at radius 3 is 2.48 bits per heavy atom. The monoisotopic (exact) mass is 477 g/mol. The maximum absolute atomic E-state index is 13.4. The van der Waals surface area contributed by atoms with E-state index < -0.39 is 11.2 Å². The number of hydrogen-bond donors (Lipinski definition) is 1. The summed E-state index contributed by atoms with van der Waals surface area (Å²) in [5, 5.41) is 12.6. The molecule has 8 heteroatoms. The molecule has 0 aromatic heterocycles. The highest BCUT2D eigenvalue weighted by Crippen LogP contribution is 2.42. The first kappa shape index (κ1) is 22.6. The number of halogens is 2. The van der Waals surface area contributed by atoms with Crippen LogP contribution in [0.3, 0.4) is 0 Å². The van der Waals surface area contributed by atoms with Crippen molar-refractivity contribution in [1.82, 2.24) is 0 Å². The van der Waals surface area contributed by atoms with E-state index in [0.717, 1.165) is 17.3 Å². The molecule has 0 bridgehead atoms. The van der Waals surface area contributed by atoms with Crippen LogP contribution in [0.4, 0.5) is 15.8 Å². The highest BCUT2D eigenvalue weighted by Gasteiger charge is 2.40. The molecule has 1 unspecified atom stereocenters. The van der Waals surface area contributed by atoms with Gasteiger partial charge < -0.3 is 5.32 Å². The maximum Gasteiger partial charge on any atom is 0.269 e. The van der Waals surface area contributed by atoms with E-state index in [4.69, 9.17) is 11.6 Å². The van der Waals surface area contributed by atoms with Crippen LogP contribution >= 0.6 is 23.4 Å². The van der Waals surface area contributed by atoms with E-state index in [0.29, 0.717) is 22.8 Å². The van der Waals surface area contributed by atoms with Crippen LogP contribution in [0, 0.1) is 17.1 Å². The van der Waals surface area contributed by atoms with Crippen molar-refractivity contribution in [2.45, 2.75) is 11.7 Å². The maximum atomic E-state index is 13.4. The van der Waals surface area contributed by atoms with E-state index in [-0.39, 0.29) is 22.3 Å². The van der Waals surface area contributed by atoms with Crippen LogP contribution in [0.2, 0.25) is 5.02 Å². The Kier molecular flexibility index (Phi) is 6.78. The lowest BCUT2D eigenvalue weighted by molar-refractivity contribution is -0.117. The number of rotatable bonds is 5. The second kappa shape index (κ2) is 9.90. The summed E-state index contributed by atoms with van der Waals surface area (Å²) in [5.41, 5.74) is 1.58. The van der Waals surface area contributed by atoms with Crippen molar-refractivity contribution in [2.75, 3.05) is 10.2 Å². The van der Waals surface area contributed by atoms with Crippen molar-refractivity contribution in [3.8, 4) is 6.07 Å². The smallest absolute Gasteiger partial charge is 0.269 e. The summed E-state index contributed by atoms with van der Waals surface area (Å²) in [6.45, 7) is 0. The summed E-state index contributed by atoms with van der Waals surface area (Å²) in [5.74, 6) is -1.26. The van der Waals surface area contributed by atoms with E-state index in [1.165, 1.54) is 17.0 Å². The Balaban J connectivity index is 1.71. The molecule has 1 fully saturated rings. The number of nitriles is 1. The first-order valence-electron chi connectivity index (χ1n) is 9.97. The largest absolute Gasteiger partial charge is 0.321 e. The molecule has 1 saturated heterocycles. The number of nitrogens with one attached hydrogen (secondary N) is 1. The Labute approximate surface area is 199 Å². The lowest BCUT2D eigenvalue weighted by Gasteiger charge is -2.18. The number of hydrogen-bond acceptors (Lipinski definition) is 4. The first-order valence-corrected chi connectivity index (χ1v) is 11.2. The molecule has 3 aromatic rings. The van der Waals surface area contributed by atoms with Gasteiger partial charge in [-0.1, -0.05) is 59.8 Å². The van der Waals surface area contributed by atoms with Crippen LogP contribution in [0.25, 0.3) is 0 Å². The molecule has 3 aromatic carbocycles. The predicted octanol–water partition coefficient (Wildman–Crippen LogP) is 5.54. The van der Waals surface area contributed by atoms with Gasteiger partial charge in [0.2, 0.25) is 5.91 Å². The fourth-order valence-electron chi connectivity index (χ4n) is 3.39. The van der Waals surface area contributed by atoms with Crippen LogP contribution in [-0.4, -0.2) is 17.1 Å². The summed E-state index contributed by atoms with van der Waals surface area (Å²) < 4.78 is 13.3. The van der Waals surface area contributed by atoms with Gasteiger partial charge in [0, 0.05) is 16.4 Å². The summed E-state index contributed by atoms with van der Waals surface area (Å²) in [7, 11) is 0. The summed E-state index contributed by atoms with van der Waals surface area (Å²) in [4.78, 5) is 27.8. The van der Waals surface area contributed by atoms with Crippen LogP contribution in [0.1, 0.15) is 5.56 Å². The molecule has 4 rings (SSSR count). The molecular weight excluding hydrogens is 461 g/mol. The van der Waals surface area contributed by atoms with Gasteiger partial charge in [0.1, 0.15) is 22.5 Å². The lowest BCUT2D eigenvalue weighted by Crippen LogP contribution is -2.30. The van der Waals surface area contributed by atoms with Gasteiger partial charge in [-0.3, -0.25) is 14.5 Å². The van der Waals surface area contributed by atoms with E-state index in [1.807, 2.05) is 12.1 Å². The van der Waals surface area contributed by atoms with Gasteiger partial charge in [0.15, 0.2) is 0 Å². The third-order valence-corrected chi connectivity index (χ3v) is 6.43. The van der Waals surface area contributed by atoms with Gasteiger partial charge >= 0.3 is 0 Å². The van der Waals surface area contributed by atoms with Gasteiger partial charge in [0.05, 0.1) is 5.25 Å². The standard InChI is InChI=1S/C25H17ClFN3O2S/c26-17-5-4-6-19(14-17)29-23(31)21(15-28)25-30(20-7-2-1-3-8-20)24(32)22(33-25)13-16-9-11-18(27)12-10-16/h1-12,14,22H,13H2,(H,29,31)/b25-21-. The van der Waals surface area contributed by atoms with Crippen LogP contribution < -0.4 is 10.2 Å². The van der Waals surface area contributed by atoms with E-state index in [2.05, 4.69) is 5.32 Å². The number of nitrogens with zero attached hydrogens (tertiary/aromatic N) is 2. The fraction of sp³-hybridized carbons (Fsp3) is 0.0800. The van der Waals surface area contributed by atoms with Crippen LogP contribution in [0.5, 0.6) is 0 Å². The number of carbonyl (C=O) groups excluding carboxylic acids is 2. The van der Waals surface area contributed by atoms with Crippen LogP contribution in [0.15, 0.2) is 89.5 Å². The minimum absolute atomic E-state index is 0.182. The molecule has 1 aliphatic heterocycles. The first-order chi connectivity index (χ1) is 16.0. The zero-order valence-electron chi connectivity index (χ0n) is 17.2. The average Bonchev–Trinajstić information content (AvgIpc) is 3.12. The van der Waals surface area contributed by atoms with Crippen molar-refractivity contribution >= 4 is 46.6 Å². The lowest BCUT2D eigenvalue weighted by atomic mass is 10.1. The molecule has 0 spiro atoms. The van der Waals surface area contributed by atoms with E-state index >= 15 is 0 Å². The van der Waals surface area contributed by atoms with Gasteiger partial charge in [-0.2, -0.15) is 5.26 Å². The van der Waals surface area contributed by atoms with Crippen molar-refractivity contribution in [2.24, 2.45) is 0 Å². The summed E-state index contributed by atoms with van der Waals surface area (Å²) in [6, 6.07) is 23.3. The minimum Gasteiger partial charge on any atom is -0.321 e. The number of amides is 2. The molecule has 5 nitrogen and oxygen atoms in total. The van der Waals surface area contributed by atoms with Gasteiger partial charge in [0.25, 0.3) is 5.91 Å². The van der Waals surface area contributed by atoms with E-state index in [1.54, 1.807) is 60.7 Å². The number of benzene rings is 3. The number of thioether (sulfide) groups is 1. The fourth-order valence-corrected chi connectivity index (χ4v) is 4.89. The topological polar surface area (TPSA) is 73.2 Å². The number of anilines is 2. The Morgan fingerprint density at radius 1 is 1.09 bits per heavy atom. The van der Waals surface area contributed by atoms with Crippen molar-refractivity contribution in [1.29, 1.82) is 5.26 Å². The van der Waals surface area contributed by atoms with Gasteiger partial charge in [-0.15, -0.1) is 0 Å². The predicted molar refractivity (Wildman–Crippen MR) is 128 cm³/mol. The number of para-hydroxylation sites is 1. The third kappa shape index (κ3) is 5.08. The SMILES string of the molecule is N#C/C(C(=O)Nc1cccc(Cl)c1)=C1/SC(Cc2ccc(F)cc2)C(=O)N1c1ccccc1. The second-order valence-corrected chi connectivity index (χ2v) is 8.83. The average molecular weight is 478 g/mol. The molecule has 1 aliphatic rings. The van der Waals surface area contributed by atoms with E-state index in [9.17, 15) is 19.2 Å². The Hall–Kier alpha value is -3.60. The zero-order chi connectivity index (χ0) is 23.4. The van der Waals surface area contributed by atoms with Crippen LogP contribution in [-0.2, 0) is 16.0 Å². The second-order valence-electron chi connectivity index (χ2n) is 7.20. The molecule has 2 amide bonds. The Morgan fingerprint density at radius 2 is 1.82 bits per heavy atom. The molecule has 0 saturated carbocycles.